The van der Waals surface area contributed by atoms with Gasteiger partial charge in [-0.05, 0) is 40.0 Å². The van der Waals surface area contributed by atoms with Gasteiger partial charge in [0.1, 0.15) is 0 Å². The van der Waals surface area contributed by atoms with Crippen molar-refractivity contribution in [3.63, 3.8) is 0 Å². The summed E-state index contributed by atoms with van der Waals surface area (Å²) in [6.07, 6.45) is 3.70. The molecule has 1 amide bonds. The van der Waals surface area contributed by atoms with E-state index in [0.717, 1.165) is 50.6 Å². The molecule has 1 aliphatic carbocycles. The Bertz CT molecular complexity index is 413. The fourth-order valence-electron chi connectivity index (χ4n) is 2.58. The third-order valence-corrected chi connectivity index (χ3v) is 5.12. The molecule has 2 rings (SSSR count). The van der Waals surface area contributed by atoms with Gasteiger partial charge in [0, 0.05) is 49.1 Å². The first-order valence-corrected chi connectivity index (χ1v) is 9.45. The van der Waals surface area contributed by atoms with Crippen LogP contribution in [0.25, 0.3) is 0 Å². The second-order valence-corrected chi connectivity index (χ2v) is 8.51. The van der Waals surface area contributed by atoms with Gasteiger partial charge in [-0.1, -0.05) is 0 Å². The average molecular weight is 454 g/mol. The molecule has 2 N–H and O–H groups in total. The Hall–Kier alpha value is -0.180. The predicted molar refractivity (Wildman–Crippen MR) is 110 cm³/mol. The number of thioether (sulfide) groups is 1. The lowest BCUT2D eigenvalue weighted by atomic mass is 10.2. The van der Waals surface area contributed by atoms with Gasteiger partial charge in [0.05, 0.1) is 0 Å². The first kappa shape index (κ1) is 20.9. The Morgan fingerprint density at radius 2 is 2.13 bits per heavy atom. The Morgan fingerprint density at radius 1 is 1.39 bits per heavy atom. The lowest BCUT2D eigenvalue weighted by molar-refractivity contribution is -0.121. The Balaban J connectivity index is 0.00000264. The molecule has 0 aromatic rings. The molecule has 1 saturated carbocycles. The van der Waals surface area contributed by atoms with E-state index >= 15 is 0 Å². The zero-order valence-electron chi connectivity index (χ0n) is 14.6. The lowest BCUT2D eigenvalue weighted by Crippen LogP contribution is -2.51. The van der Waals surface area contributed by atoms with Crippen LogP contribution in [0.3, 0.4) is 0 Å². The number of carbonyl (C=O) groups is 1. The number of aliphatic imine (C=N–C) groups is 1. The van der Waals surface area contributed by atoms with Crippen molar-refractivity contribution in [3.8, 4) is 0 Å². The van der Waals surface area contributed by atoms with Crippen LogP contribution in [-0.4, -0.2) is 59.5 Å². The minimum atomic E-state index is 0. The monoisotopic (exact) mass is 454 g/mol. The van der Waals surface area contributed by atoms with E-state index in [0.29, 0.717) is 19.0 Å². The Kier molecular flexibility index (Phi) is 9.03. The number of rotatable bonds is 6. The quantitative estimate of drug-likeness (QED) is 0.280. The molecule has 1 aliphatic heterocycles. The molecule has 2 aliphatic rings. The first-order chi connectivity index (χ1) is 10.5. The SMILES string of the molecule is CCNC(=NCCCC(=O)NC1CC1)N1CCSC(C)(C)C1.I. The van der Waals surface area contributed by atoms with Crippen LogP contribution in [0, 0.1) is 0 Å². The molecule has 0 bridgehead atoms. The van der Waals surface area contributed by atoms with Crippen LogP contribution in [0.15, 0.2) is 4.99 Å². The zero-order valence-corrected chi connectivity index (χ0v) is 17.7. The fourth-order valence-corrected chi connectivity index (χ4v) is 3.69. The van der Waals surface area contributed by atoms with Crippen molar-refractivity contribution in [2.24, 2.45) is 4.99 Å². The summed E-state index contributed by atoms with van der Waals surface area (Å²) in [5, 5.41) is 6.41. The van der Waals surface area contributed by atoms with Crippen LogP contribution in [0.2, 0.25) is 0 Å². The smallest absolute Gasteiger partial charge is 0.220 e. The van der Waals surface area contributed by atoms with Crippen molar-refractivity contribution in [1.82, 2.24) is 15.5 Å². The normalized spacial score (nSPS) is 20.7. The van der Waals surface area contributed by atoms with E-state index < -0.39 is 0 Å². The van der Waals surface area contributed by atoms with Gasteiger partial charge in [-0.2, -0.15) is 11.8 Å². The second-order valence-electron chi connectivity index (χ2n) is 6.71. The minimum absolute atomic E-state index is 0. The van der Waals surface area contributed by atoms with Crippen molar-refractivity contribution >= 4 is 47.6 Å². The van der Waals surface area contributed by atoms with E-state index in [-0.39, 0.29) is 34.6 Å². The van der Waals surface area contributed by atoms with Gasteiger partial charge in [0.2, 0.25) is 5.91 Å². The number of guanidine groups is 1. The summed E-state index contributed by atoms with van der Waals surface area (Å²) in [5.74, 6) is 2.32. The molecule has 0 atom stereocenters. The van der Waals surface area contributed by atoms with Gasteiger partial charge >= 0.3 is 0 Å². The van der Waals surface area contributed by atoms with Crippen LogP contribution in [-0.2, 0) is 4.79 Å². The third kappa shape index (κ3) is 7.96. The summed E-state index contributed by atoms with van der Waals surface area (Å²) in [5.41, 5.74) is 0. The number of nitrogens with zero attached hydrogens (tertiary/aromatic N) is 2. The molecule has 0 unspecified atom stereocenters. The van der Waals surface area contributed by atoms with Gasteiger partial charge in [-0.25, -0.2) is 0 Å². The minimum Gasteiger partial charge on any atom is -0.357 e. The molecule has 0 aromatic carbocycles. The molecule has 1 saturated heterocycles. The Labute approximate surface area is 161 Å². The van der Waals surface area contributed by atoms with Crippen LogP contribution in [0.4, 0.5) is 0 Å². The fraction of sp³-hybridized carbons (Fsp3) is 0.875. The molecule has 0 spiro atoms. The predicted octanol–water partition coefficient (Wildman–Crippen LogP) is 2.46. The standard InChI is InChI=1S/C16H30N4OS.HI/c1-4-17-15(20-10-11-22-16(2,3)12-20)18-9-5-6-14(21)19-13-7-8-13;/h13H,4-12H2,1-3H3,(H,17,18)(H,19,21);1H. The van der Waals surface area contributed by atoms with Crippen molar-refractivity contribution in [3.05, 3.63) is 0 Å². The molecule has 134 valence electrons. The highest BCUT2D eigenvalue weighted by molar-refractivity contribution is 14.0. The van der Waals surface area contributed by atoms with E-state index in [1.807, 2.05) is 11.8 Å². The van der Waals surface area contributed by atoms with Crippen molar-refractivity contribution in [1.29, 1.82) is 0 Å². The maximum atomic E-state index is 11.7. The van der Waals surface area contributed by atoms with Crippen LogP contribution < -0.4 is 10.6 Å². The number of hydrogen-bond acceptors (Lipinski definition) is 3. The highest BCUT2D eigenvalue weighted by atomic mass is 127. The Morgan fingerprint density at radius 3 is 2.74 bits per heavy atom. The van der Waals surface area contributed by atoms with Crippen molar-refractivity contribution in [2.45, 2.75) is 57.2 Å². The molecule has 0 radical (unpaired) electrons. The highest BCUT2D eigenvalue weighted by Crippen LogP contribution is 2.29. The molecular formula is C16H31IN4OS. The summed E-state index contributed by atoms with van der Waals surface area (Å²) in [7, 11) is 0. The summed E-state index contributed by atoms with van der Waals surface area (Å²) in [6.45, 7) is 10.3. The van der Waals surface area contributed by atoms with Crippen LogP contribution >= 0.6 is 35.7 Å². The van der Waals surface area contributed by atoms with E-state index in [1.54, 1.807) is 0 Å². The van der Waals surface area contributed by atoms with E-state index in [1.165, 1.54) is 0 Å². The molecule has 0 aromatic heterocycles. The largest absolute Gasteiger partial charge is 0.357 e. The number of amides is 1. The summed E-state index contributed by atoms with van der Waals surface area (Å²) in [6, 6.07) is 0.460. The number of nitrogens with one attached hydrogen (secondary N) is 2. The maximum Gasteiger partial charge on any atom is 0.220 e. The molecule has 7 heteroatoms. The summed E-state index contributed by atoms with van der Waals surface area (Å²) < 4.78 is 0.276. The van der Waals surface area contributed by atoms with Gasteiger partial charge in [0.15, 0.2) is 5.96 Å². The molecular weight excluding hydrogens is 423 g/mol. The topological polar surface area (TPSA) is 56.7 Å². The van der Waals surface area contributed by atoms with Crippen LogP contribution in [0.1, 0.15) is 46.5 Å². The molecule has 2 fully saturated rings. The average Bonchev–Trinajstić information content (AvgIpc) is 3.25. The van der Waals surface area contributed by atoms with Crippen LogP contribution in [0.5, 0.6) is 0 Å². The van der Waals surface area contributed by atoms with Crippen molar-refractivity contribution in [2.75, 3.05) is 31.9 Å². The van der Waals surface area contributed by atoms with E-state index in [9.17, 15) is 4.79 Å². The van der Waals surface area contributed by atoms with E-state index in [2.05, 4.69) is 36.3 Å². The van der Waals surface area contributed by atoms with Gasteiger partial charge < -0.3 is 15.5 Å². The molecule has 5 nitrogen and oxygen atoms in total. The van der Waals surface area contributed by atoms with Gasteiger partial charge in [-0.15, -0.1) is 24.0 Å². The lowest BCUT2D eigenvalue weighted by Gasteiger charge is -2.39. The maximum absolute atomic E-state index is 11.7. The molecule has 23 heavy (non-hydrogen) atoms. The zero-order chi connectivity index (χ0) is 16.0. The number of halogens is 1. The summed E-state index contributed by atoms with van der Waals surface area (Å²) in [4.78, 5) is 18.7. The second kappa shape index (κ2) is 9.96. The number of hydrogen-bond donors (Lipinski definition) is 2. The van der Waals surface area contributed by atoms with Gasteiger partial charge in [0.25, 0.3) is 0 Å². The number of carbonyl (C=O) groups excluding carboxylic acids is 1. The van der Waals surface area contributed by atoms with E-state index in [4.69, 9.17) is 4.99 Å². The van der Waals surface area contributed by atoms with Gasteiger partial charge in [-0.3, -0.25) is 9.79 Å². The summed E-state index contributed by atoms with van der Waals surface area (Å²) >= 11 is 2.03. The molecule has 1 heterocycles. The third-order valence-electron chi connectivity index (χ3n) is 3.83. The highest BCUT2D eigenvalue weighted by Gasteiger charge is 2.28. The first-order valence-electron chi connectivity index (χ1n) is 8.47. The van der Waals surface area contributed by atoms with Crippen molar-refractivity contribution < 1.29 is 4.79 Å².